The van der Waals surface area contributed by atoms with Gasteiger partial charge in [-0.1, -0.05) is 37.5 Å². The van der Waals surface area contributed by atoms with Gasteiger partial charge in [-0.15, -0.1) is 0 Å². The van der Waals surface area contributed by atoms with Crippen molar-refractivity contribution in [1.29, 1.82) is 0 Å². The third-order valence-electron chi connectivity index (χ3n) is 7.39. The standard InChI is InChI=1S/C29H35N5O5S/c1-16-9-8-12-20(17(16)2)34(29(37)26-23(30)24(27(31)35)33-40-26)25(28(36)32-19-10-6-5-7-11-19)18-13-14-21(38-3)22(15-18)39-4/h8-9,12-15,19,25H,5-7,10-11,30H2,1-4H3,(H2,31,35)(H,32,36)/t25-/m1/s1. The van der Waals surface area contributed by atoms with Crippen molar-refractivity contribution in [2.75, 3.05) is 24.9 Å². The normalized spacial score (nSPS) is 14.3. The first-order valence-corrected chi connectivity index (χ1v) is 13.9. The van der Waals surface area contributed by atoms with Gasteiger partial charge in [0.05, 0.1) is 19.9 Å². The molecule has 1 aliphatic rings. The van der Waals surface area contributed by atoms with Crippen LogP contribution in [0.1, 0.15) is 75.0 Å². The molecule has 1 atom stereocenters. The van der Waals surface area contributed by atoms with E-state index in [1.807, 2.05) is 26.0 Å². The van der Waals surface area contributed by atoms with Crippen LogP contribution in [0.3, 0.4) is 0 Å². The molecule has 212 valence electrons. The number of benzene rings is 2. The number of primary amides is 1. The Labute approximate surface area is 237 Å². The van der Waals surface area contributed by atoms with E-state index in [9.17, 15) is 14.4 Å². The zero-order valence-electron chi connectivity index (χ0n) is 23.2. The summed E-state index contributed by atoms with van der Waals surface area (Å²) in [4.78, 5) is 41.9. The highest BCUT2D eigenvalue weighted by atomic mass is 32.1. The van der Waals surface area contributed by atoms with Gasteiger partial charge >= 0.3 is 0 Å². The molecule has 5 N–H and O–H groups in total. The number of aryl methyl sites for hydroxylation is 1. The third kappa shape index (κ3) is 5.74. The minimum Gasteiger partial charge on any atom is -0.493 e. The Morgan fingerprint density at radius 3 is 2.38 bits per heavy atom. The fourth-order valence-corrected chi connectivity index (χ4v) is 5.81. The molecule has 3 aromatic rings. The summed E-state index contributed by atoms with van der Waals surface area (Å²) in [7, 11) is 3.04. The van der Waals surface area contributed by atoms with Gasteiger partial charge in [-0.05, 0) is 73.1 Å². The van der Waals surface area contributed by atoms with Gasteiger partial charge in [-0.25, -0.2) is 0 Å². The Morgan fingerprint density at radius 1 is 1.05 bits per heavy atom. The van der Waals surface area contributed by atoms with E-state index in [-0.39, 0.29) is 28.2 Å². The molecule has 10 nitrogen and oxygen atoms in total. The molecule has 0 bridgehead atoms. The van der Waals surface area contributed by atoms with E-state index in [2.05, 4.69) is 9.69 Å². The maximum absolute atomic E-state index is 14.4. The van der Waals surface area contributed by atoms with Gasteiger partial charge < -0.3 is 26.3 Å². The van der Waals surface area contributed by atoms with Gasteiger partial charge in [-0.3, -0.25) is 19.3 Å². The summed E-state index contributed by atoms with van der Waals surface area (Å²) in [5, 5.41) is 3.19. The van der Waals surface area contributed by atoms with E-state index in [0.29, 0.717) is 22.7 Å². The molecule has 4 rings (SSSR count). The summed E-state index contributed by atoms with van der Waals surface area (Å²) in [6.45, 7) is 3.82. The molecule has 1 aliphatic carbocycles. The lowest BCUT2D eigenvalue weighted by Crippen LogP contribution is -2.47. The molecule has 3 amide bonds. The number of carbonyl (C=O) groups is 3. The van der Waals surface area contributed by atoms with E-state index in [0.717, 1.165) is 54.8 Å². The van der Waals surface area contributed by atoms with Crippen molar-refractivity contribution in [2.24, 2.45) is 5.73 Å². The molecule has 1 saturated carbocycles. The Bertz CT molecular complexity index is 1420. The summed E-state index contributed by atoms with van der Waals surface area (Å²) >= 11 is 0.776. The Morgan fingerprint density at radius 2 is 1.75 bits per heavy atom. The van der Waals surface area contributed by atoms with Crippen LogP contribution < -0.4 is 31.2 Å². The molecule has 40 heavy (non-hydrogen) atoms. The third-order valence-corrected chi connectivity index (χ3v) is 8.24. The summed E-state index contributed by atoms with van der Waals surface area (Å²) in [5.74, 6) is -0.851. The highest BCUT2D eigenvalue weighted by Gasteiger charge is 2.38. The predicted octanol–water partition coefficient (Wildman–Crippen LogP) is 4.30. The maximum atomic E-state index is 14.4. The number of ether oxygens (including phenoxy) is 2. The summed E-state index contributed by atoms with van der Waals surface area (Å²) in [6.07, 6.45) is 4.92. The van der Waals surface area contributed by atoms with Crippen LogP contribution in [-0.4, -0.2) is 42.4 Å². The highest BCUT2D eigenvalue weighted by molar-refractivity contribution is 7.09. The van der Waals surface area contributed by atoms with E-state index in [1.54, 1.807) is 24.3 Å². The molecule has 2 aromatic carbocycles. The lowest BCUT2D eigenvalue weighted by molar-refractivity contribution is -0.123. The van der Waals surface area contributed by atoms with E-state index < -0.39 is 17.9 Å². The average Bonchev–Trinajstić information content (AvgIpc) is 3.34. The van der Waals surface area contributed by atoms with Crippen LogP contribution in [0.15, 0.2) is 36.4 Å². The summed E-state index contributed by atoms with van der Waals surface area (Å²) in [6, 6.07) is 9.57. The fourth-order valence-electron chi connectivity index (χ4n) is 5.07. The largest absolute Gasteiger partial charge is 0.493 e. The first-order valence-electron chi connectivity index (χ1n) is 13.1. The number of nitrogens with zero attached hydrogens (tertiary/aromatic N) is 2. The molecule has 1 fully saturated rings. The average molecular weight is 566 g/mol. The second kappa shape index (κ2) is 12.4. The van der Waals surface area contributed by atoms with Gasteiger partial charge in [0.15, 0.2) is 17.2 Å². The number of hydrogen-bond acceptors (Lipinski definition) is 8. The van der Waals surface area contributed by atoms with Crippen molar-refractivity contribution in [2.45, 2.75) is 58.0 Å². The second-order valence-electron chi connectivity index (χ2n) is 9.89. The van der Waals surface area contributed by atoms with Crippen LogP contribution in [0.4, 0.5) is 11.4 Å². The number of methoxy groups -OCH3 is 2. The molecular weight excluding hydrogens is 530 g/mol. The van der Waals surface area contributed by atoms with Gasteiger partial charge in [0.25, 0.3) is 11.8 Å². The van der Waals surface area contributed by atoms with Crippen molar-refractivity contribution in [1.82, 2.24) is 9.69 Å². The number of hydrogen-bond donors (Lipinski definition) is 3. The molecule has 1 heterocycles. The minimum atomic E-state index is -1.10. The zero-order valence-corrected chi connectivity index (χ0v) is 24.0. The molecule has 0 saturated heterocycles. The van der Waals surface area contributed by atoms with Crippen molar-refractivity contribution >= 4 is 40.6 Å². The topological polar surface area (TPSA) is 150 Å². The predicted molar refractivity (Wildman–Crippen MR) is 155 cm³/mol. The number of amides is 3. The SMILES string of the molecule is COc1ccc([C@H](C(=O)NC2CCCCC2)N(C(=O)c2snc(C(N)=O)c2N)c2cccc(C)c2C)cc1OC. The number of nitrogen functional groups attached to an aromatic ring is 1. The molecule has 0 aliphatic heterocycles. The monoisotopic (exact) mass is 565 g/mol. The highest BCUT2D eigenvalue weighted by Crippen LogP contribution is 2.38. The van der Waals surface area contributed by atoms with E-state index >= 15 is 0 Å². The van der Waals surface area contributed by atoms with Crippen molar-refractivity contribution in [3.63, 3.8) is 0 Å². The number of carbonyl (C=O) groups excluding carboxylic acids is 3. The molecular formula is C29H35N5O5S. The van der Waals surface area contributed by atoms with Crippen LogP contribution in [0.2, 0.25) is 0 Å². The number of nitrogens with one attached hydrogen (secondary N) is 1. The Hall–Kier alpha value is -4.12. The first-order chi connectivity index (χ1) is 19.2. The Kier molecular flexibility index (Phi) is 8.93. The molecule has 0 spiro atoms. The fraction of sp³-hybridized carbons (Fsp3) is 0.379. The first kappa shape index (κ1) is 28.9. The zero-order chi connectivity index (χ0) is 29.0. The number of rotatable bonds is 9. The van der Waals surface area contributed by atoms with Crippen molar-refractivity contribution in [3.05, 3.63) is 63.7 Å². The van der Waals surface area contributed by atoms with Crippen LogP contribution in [0.5, 0.6) is 11.5 Å². The van der Waals surface area contributed by atoms with Crippen LogP contribution in [-0.2, 0) is 4.79 Å². The van der Waals surface area contributed by atoms with Gasteiger partial charge in [-0.2, -0.15) is 4.37 Å². The number of aromatic nitrogens is 1. The molecule has 0 unspecified atom stereocenters. The summed E-state index contributed by atoms with van der Waals surface area (Å²) in [5.41, 5.74) is 14.1. The molecule has 11 heteroatoms. The molecule has 0 radical (unpaired) electrons. The van der Waals surface area contributed by atoms with Crippen LogP contribution in [0, 0.1) is 13.8 Å². The second-order valence-corrected chi connectivity index (χ2v) is 10.7. The van der Waals surface area contributed by atoms with E-state index in [1.165, 1.54) is 19.1 Å². The minimum absolute atomic E-state index is 0.00519. The van der Waals surface area contributed by atoms with E-state index in [4.69, 9.17) is 20.9 Å². The smallest absolute Gasteiger partial charge is 0.273 e. The quantitative estimate of drug-likeness (QED) is 0.350. The van der Waals surface area contributed by atoms with Gasteiger partial charge in [0.2, 0.25) is 5.91 Å². The lowest BCUT2D eigenvalue weighted by atomic mass is 9.94. The van der Waals surface area contributed by atoms with Crippen LogP contribution in [0.25, 0.3) is 0 Å². The van der Waals surface area contributed by atoms with Crippen molar-refractivity contribution in [3.8, 4) is 11.5 Å². The van der Waals surface area contributed by atoms with Crippen LogP contribution >= 0.6 is 11.5 Å². The number of anilines is 2. The number of nitrogens with two attached hydrogens (primary N) is 2. The summed E-state index contributed by atoms with van der Waals surface area (Å²) < 4.78 is 15.0. The van der Waals surface area contributed by atoms with Gasteiger partial charge in [0.1, 0.15) is 10.9 Å². The maximum Gasteiger partial charge on any atom is 0.273 e. The van der Waals surface area contributed by atoms with Crippen molar-refractivity contribution < 1.29 is 23.9 Å². The lowest BCUT2D eigenvalue weighted by Gasteiger charge is -2.34. The van der Waals surface area contributed by atoms with Gasteiger partial charge in [0, 0.05) is 11.7 Å². The Balaban J connectivity index is 1.93. The molecule has 1 aromatic heterocycles.